The van der Waals surface area contributed by atoms with Crippen LogP contribution in [-0.2, 0) is 13.0 Å². The zero-order chi connectivity index (χ0) is 21.4. The second-order valence-electron chi connectivity index (χ2n) is 7.65. The molecule has 5 rings (SSSR count). The number of carbonyl (C=O) groups excluding carboxylic acids is 1. The fraction of sp³-hybridized carbons (Fsp3) is 0.160. The summed E-state index contributed by atoms with van der Waals surface area (Å²) in [6.07, 6.45) is 4.47. The van der Waals surface area contributed by atoms with Crippen LogP contribution in [-0.4, -0.2) is 26.0 Å². The van der Waals surface area contributed by atoms with Gasteiger partial charge in [0.1, 0.15) is 5.69 Å². The van der Waals surface area contributed by atoms with Crippen molar-refractivity contribution < 1.29 is 4.79 Å². The fourth-order valence-electron chi connectivity index (χ4n) is 4.15. The Bertz CT molecular complexity index is 1220. The van der Waals surface area contributed by atoms with Crippen LogP contribution in [0.2, 0.25) is 5.02 Å². The number of carbonyl (C=O) groups is 1. The number of rotatable bonds is 5. The van der Waals surface area contributed by atoms with Crippen molar-refractivity contribution in [2.24, 2.45) is 0 Å². The van der Waals surface area contributed by atoms with Gasteiger partial charge in [-0.25, -0.2) is 0 Å². The fourth-order valence-corrected chi connectivity index (χ4v) is 4.28. The number of nitrogens with one attached hydrogen (secondary N) is 1. The van der Waals surface area contributed by atoms with Crippen LogP contribution < -0.4 is 0 Å². The molecule has 0 aliphatic carbocycles. The second-order valence-corrected chi connectivity index (χ2v) is 8.09. The molecule has 1 aliphatic heterocycles. The third kappa shape index (κ3) is 3.51. The number of halogens is 1. The normalized spacial score (nSPS) is 15.4. The summed E-state index contributed by atoms with van der Waals surface area (Å²) in [5.41, 5.74) is 6.52. The second kappa shape index (κ2) is 8.00. The molecular weight excluding hydrogens is 408 g/mol. The van der Waals surface area contributed by atoms with E-state index in [1.165, 1.54) is 5.56 Å². The van der Waals surface area contributed by atoms with Gasteiger partial charge in [0.25, 0.3) is 5.91 Å². The lowest BCUT2D eigenvalue weighted by atomic mass is 9.95. The first-order chi connectivity index (χ1) is 15.2. The van der Waals surface area contributed by atoms with Crippen molar-refractivity contribution in [3.63, 3.8) is 0 Å². The first kappa shape index (κ1) is 19.5. The van der Waals surface area contributed by atoms with E-state index in [2.05, 4.69) is 46.4 Å². The summed E-state index contributed by atoms with van der Waals surface area (Å²) >= 11 is 6.08. The van der Waals surface area contributed by atoms with Gasteiger partial charge in [0, 0.05) is 35.1 Å². The van der Waals surface area contributed by atoms with Crippen molar-refractivity contribution in [1.82, 2.24) is 20.1 Å². The molecule has 2 aromatic heterocycles. The van der Waals surface area contributed by atoms with Crippen LogP contribution in [0.15, 0.2) is 73.1 Å². The van der Waals surface area contributed by atoms with Gasteiger partial charge in [0.05, 0.1) is 11.7 Å². The zero-order valence-corrected chi connectivity index (χ0v) is 17.8. The van der Waals surface area contributed by atoms with Crippen LogP contribution >= 0.6 is 11.6 Å². The number of amides is 1. The molecular formula is C25H21ClN4O. The van der Waals surface area contributed by atoms with Gasteiger partial charge in [-0.3, -0.25) is 14.9 Å². The van der Waals surface area contributed by atoms with Crippen molar-refractivity contribution in [3.8, 4) is 11.3 Å². The Morgan fingerprint density at radius 3 is 2.35 bits per heavy atom. The van der Waals surface area contributed by atoms with Gasteiger partial charge < -0.3 is 4.90 Å². The first-order valence-electron chi connectivity index (χ1n) is 10.3. The van der Waals surface area contributed by atoms with Gasteiger partial charge >= 0.3 is 0 Å². The van der Waals surface area contributed by atoms with Crippen molar-refractivity contribution in [2.45, 2.75) is 25.9 Å². The van der Waals surface area contributed by atoms with E-state index in [0.717, 1.165) is 34.4 Å². The molecule has 0 saturated heterocycles. The van der Waals surface area contributed by atoms with Crippen LogP contribution in [0, 0.1) is 0 Å². The molecule has 154 valence electrons. The highest BCUT2D eigenvalue weighted by atomic mass is 35.5. The Morgan fingerprint density at radius 2 is 1.68 bits per heavy atom. The molecule has 1 atom stereocenters. The number of H-pyrrole nitrogens is 1. The van der Waals surface area contributed by atoms with Gasteiger partial charge in [-0.1, -0.05) is 54.9 Å². The lowest BCUT2D eigenvalue weighted by Gasteiger charge is -2.26. The minimum atomic E-state index is -0.231. The van der Waals surface area contributed by atoms with Crippen LogP contribution in [0.3, 0.4) is 0 Å². The molecule has 3 heterocycles. The Labute approximate surface area is 185 Å². The van der Waals surface area contributed by atoms with Crippen molar-refractivity contribution in [2.75, 3.05) is 0 Å². The van der Waals surface area contributed by atoms with E-state index in [4.69, 9.17) is 11.6 Å². The third-order valence-electron chi connectivity index (χ3n) is 5.79. The molecule has 0 fully saturated rings. The topological polar surface area (TPSA) is 61.9 Å². The highest BCUT2D eigenvalue weighted by molar-refractivity contribution is 6.30. The minimum Gasteiger partial charge on any atom is -0.322 e. The van der Waals surface area contributed by atoms with Crippen molar-refractivity contribution in [3.05, 3.63) is 106 Å². The number of nitrogens with zero attached hydrogens (tertiary/aromatic N) is 3. The number of pyridine rings is 1. The van der Waals surface area contributed by atoms with Gasteiger partial charge in [-0.2, -0.15) is 5.10 Å². The minimum absolute atomic E-state index is 0.0518. The molecule has 1 N–H and O–H groups in total. The number of aryl methyl sites for hydroxylation is 1. The van der Waals surface area contributed by atoms with Gasteiger partial charge in [-0.15, -0.1) is 0 Å². The average molecular weight is 429 g/mol. The summed E-state index contributed by atoms with van der Waals surface area (Å²) in [7, 11) is 0. The molecule has 1 aliphatic rings. The number of fused-ring (bicyclic) bond motifs is 1. The average Bonchev–Trinajstić information content (AvgIpc) is 3.35. The van der Waals surface area contributed by atoms with E-state index in [9.17, 15) is 4.79 Å². The predicted molar refractivity (Wildman–Crippen MR) is 121 cm³/mol. The monoisotopic (exact) mass is 428 g/mol. The standard InChI is InChI=1S/C25H21ClN4O/c1-2-16-3-5-19(6-4-16)24-21-22(18-7-9-20(26)10-8-18)28-29-23(21)25(31)30(24)15-17-11-13-27-14-12-17/h3-14,24H,2,15H2,1H3,(H,28,29). The van der Waals surface area contributed by atoms with E-state index < -0.39 is 0 Å². The molecule has 31 heavy (non-hydrogen) atoms. The van der Waals surface area contributed by atoms with E-state index in [0.29, 0.717) is 17.3 Å². The van der Waals surface area contributed by atoms with Crippen LogP contribution in [0.25, 0.3) is 11.3 Å². The zero-order valence-electron chi connectivity index (χ0n) is 17.0. The molecule has 6 heteroatoms. The first-order valence-corrected chi connectivity index (χ1v) is 10.7. The van der Waals surface area contributed by atoms with Gasteiger partial charge in [0.2, 0.25) is 0 Å². The Morgan fingerprint density at radius 1 is 0.968 bits per heavy atom. The molecule has 0 bridgehead atoms. The molecule has 1 amide bonds. The molecule has 0 radical (unpaired) electrons. The number of hydrogen-bond donors (Lipinski definition) is 1. The third-order valence-corrected chi connectivity index (χ3v) is 6.04. The summed E-state index contributed by atoms with van der Waals surface area (Å²) in [5, 5.41) is 8.18. The summed E-state index contributed by atoms with van der Waals surface area (Å²) in [6.45, 7) is 2.63. The molecule has 2 aromatic carbocycles. The maximum absolute atomic E-state index is 13.4. The maximum Gasteiger partial charge on any atom is 0.273 e. The Kier molecular flexibility index (Phi) is 5.04. The maximum atomic E-state index is 13.4. The SMILES string of the molecule is CCc1ccc(C2c3c(-c4ccc(Cl)cc4)n[nH]c3C(=O)N2Cc2ccncc2)cc1. The molecule has 1 unspecified atom stereocenters. The number of benzene rings is 2. The van der Waals surface area contributed by atoms with Crippen LogP contribution in [0.5, 0.6) is 0 Å². The summed E-state index contributed by atoms with van der Waals surface area (Å²) < 4.78 is 0. The van der Waals surface area contributed by atoms with Gasteiger partial charge in [-0.05, 0) is 47.4 Å². The molecule has 4 aromatic rings. The predicted octanol–water partition coefficient (Wildman–Crippen LogP) is 5.43. The van der Waals surface area contributed by atoms with Crippen LogP contribution in [0.1, 0.15) is 45.7 Å². The molecule has 0 spiro atoms. The number of aromatic amines is 1. The van der Waals surface area contributed by atoms with Gasteiger partial charge in [0.15, 0.2) is 0 Å². The Balaban J connectivity index is 1.63. The lowest BCUT2D eigenvalue weighted by molar-refractivity contribution is 0.0730. The lowest BCUT2D eigenvalue weighted by Crippen LogP contribution is -2.29. The smallest absolute Gasteiger partial charge is 0.273 e. The summed E-state index contributed by atoms with van der Waals surface area (Å²) in [4.78, 5) is 19.4. The molecule has 0 saturated carbocycles. The largest absolute Gasteiger partial charge is 0.322 e. The van der Waals surface area contributed by atoms with E-state index in [1.54, 1.807) is 12.4 Å². The van der Waals surface area contributed by atoms with E-state index in [-0.39, 0.29) is 11.9 Å². The highest BCUT2D eigenvalue weighted by Gasteiger charge is 2.42. The van der Waals surface area contributed by atoms with Crippen molar-refractivity contribution in [1.29, 1.82) is 0 Å². The van der Waals surface area contributed by atoms with Crippen LogP contribution in [0.4, 0.5) is 0 Å². The summed E-state index contributed by atoms with van der Waals surface area (Å²) in [6, 6.07) is 19.7. The van der Waals surface area contributed by atoms with Crippen molar-refractivity contribution >= 4 is 17.5 Å². The molecule has 5 nitrogen and oxygen atoms in total. The Hall–Kier alpha value is -3.44. The number of hydrogen-bond acceptors (Lipinski definition) is 3. The summed E-state index contributed by atoms with van der Waals surface area (Å²) in [5.74, 6) is -0.0518. The number of aromatic nitrogens is 3. The van der Waals surface area contributed by atoms with E-state index >= 15 is 0 Å². The van der Waals surface area contributed by atoms with E-state index in [1.807, 2.05) is 41.3 Å². The quantitative estimate of drug-likeness (QED) is 0.460. The highest BCUT2D eigenvalue weighted by Crippen LogP contribution is 2.43.